The maximum Gasteiger partial charge on any atom is 0.0388 e. The zero-order chi connectivity index (χ0) is 11.4. The smallest absolute Gasteiger partial charge is 0.0388 e. The Hall–Kier alpha value is -0.340. The van der Waals surface area contributed by atoms with Gasteiger partial charge in [-0.1, -0.05) is 20.3 Å². The highest BCUT2D eigenvalue weighted by Gasteiger charge is 2.14. The molecule has 0 radical (unpaired) electrons. The SMILES string of the molecule is CCC(C)C(C)NC(C)c1ccc(C)s1. The van der Waals surface area contributed by atoms with E-state index in [-0.39, 0.29) is 0 Å². The summed E-state index contributed by atoms with van der Waals surface area (Å²) < 4.78 is 0. The molecule has 0 bridgehead atoms. The van der Waals surface area contributed by atoms with Crippen LogP contribution in [0.3, 0.4) is 0 Å². The number of hydrogen-bond acceptors (Lipinski definition) is 2. The number of nitrogens with one attached hydrogen (secondary N) is 1. The molecule has 0 aliphatic carbocycles. The molecule has 2 heteroatoms. The van der Waals surface area contributed by atoms with Gasteiger partial charge in [0.2, 0.25) is 0 Å². The minimum atomic E-state index is 0.479. The molecule has 0 amide bonds. The summed E-state index contributed by atoms with van der Waals surface area (Å²) in [6.45, 7) is 11.3. The lowest BCUT2D eigenvalue weighted by Crippen LogP contribution is -2.33. The van der Waals surface area contributed by atoms with Crippen LogP contribution in [0.5, 0.6) is 0 Å². The fourth-order valence-corrected chi connectivity index (χ4v) is 2.57. The second kappa shape index (κ2) is 5.66. The molecule has 0 aliphatic rings. The molecular weight excluding hydrogens is 202 g/mol. The average molecular weight is 225 g/mol. The molecule has 1 aromatic heterocycles. The maximum atomic E-state index is 3.67. The first kappa shape index (κ1) is 12.7. The molecule has 0 saturated heterocycles. The van der Waals surface area contributed by atoms with Gasteiger partial charge in [-0.25, -0.2) is 0 Å². The molecule has 0 aliphatic heterocycles. The van der Waals surface area contributed by atoms with E-state index in [2.05, 4.69) is 52.1 Å². The normalized spacial score (nSPS) is 17.4. The summed E-state index contributed by atoms with van der Waals surface area (Å²) in [7, 11) is 0. The summed E-state index contributed by atoms with van der Waals surface area (Å²) in [6, 6.07) is 5.51. The Bertz CT molecular complexity index is 292. The zero-order valence-electron chi connectivity index (χ0n) is 10.5. The highest BCUT2D eigenvalue weighted by molar-refractivity contribution is 7.12. The third-order valence-electron chi connectivity index (χ3n) is 3.20. The lowest BCUT2D eigenvalue weighted by molar-refractivity contribution is 0.362. The Morgan fingerprint density at radius 1 is 1.27 bits per heavy atom. The Labute approximate surface area is 97.9 Å². The molecule has 1 heterocycles. The van der Waals surface area contributed by atoms with Gasteiger partial charge in [0.1, 0.15) is 0 Å². The minimum absolute atomic E-state index is 0.479. The molecule has 1 N–H and O–H groups in total. The molecular formula is C13H23NS. The summed E-state index contributed by atoms with van der Waals surface area (Å²) >= 11 is 1.89. The molecule has 0 spiro atoms. The summed E-state index contributed by atoms with van der Waals surface area (Å²) in [5.41, 5.74) is 0. The molecule has 0 fully saturated rings. The van der Waals surface area contributed by atoms with Crippen LogP contribution in [0.15, 0.2) is 12.1 Å². The van der Waals surface area contributed by atoms with Crippen LogP contribution in [-0.2, 0) is 0 Å². The van der Waals surface area contributed by atoms with Crippen molar-refractivity contribution in [3.05, 3.63) is 21.9 Å². The van der Waals surface area contributed by atoms with Crippen LogP contribution < -0.4 is 5.32 Å². The van der Waals surface area contributed by atoms with Crippen LogP contribution in [0.1, 0.15) is 49.9 Å². The van der Waals surface area contributed by atoms with Crippen LogP contribution in [-0.4, -0.2) is 6.04 Å². The van der Waals surface area contributed by atoms with Crippen molar-refractivity contribution in [1.82, 2.24) is 5.32 Å². The second-order valence-corrected chi connectivity index (χ2v) is 5.83. The van der Waals surface area contributed by atoms with Crippen molar-refractivity contribution in [3.8, 4) is 0 Å². The number of hydrogen-bond donors (Lipinski definition) is 1. The van der Waals surface area contributed by atoms with E-state index in [1.165, 1.54) is 16.2 Å². The quantitative estimate of drug-likeness (QED) is 0.794. The van der Waals surface area contributed by atoms with Crippen molar-refractivity contribution in [1.29, 1.82) is 0 Å². The Morgan fingerprint density at radius 2 is 1.93 bits per heavy atom. The van der Waals surface area contributed by atoms with E-state index in [0.717, 1.165) is 5.92 Å². The predicted octanol–water partition coefficient (Wildman–Crippen LogP) is 4.14. The van der Waals surface area contributed by atoms with Crippen LogP contribution in [0, 0.1) is 12.8 Å². The fraction of sp³-hybridized carbons (Fsp3) is 0.692. The Morgan fingerprint density at radius 3 is 2.40 bits per heavy atom. The van der Waals surface area contributed by atoms with Crippen LogP contribution in [0.2, 0.25) is 0 Å². The van der Waals surface area contributed by atoms with Crippen molar-refractivity contribution in [2.45, 2.75) is 53.1 Å². The number of thiophene rings is 1. The Kier molecular flexibility index (Phi) is 4.81. The minimum Gasteiger partial charge on any atom is -0.307 e. The first-order chi connectivity index (χ1) is 7.04. The summed E-state index contributed by atoms with van der Waals surface area (Å²) in [6.07, 6.45) is 1.24. The first-order valence-corrected chi connectivity index (χ1v) is 6.68. The summed E-state index contributed by atoms with van der Waals surface area (Å²) in [5.74, 6) is 0.744. The van der Waals surface area contributed by atoms with Gasteiger partial charge < -0.3 is 5.32 Å². The Balaban J connectivity index is 2.52. The van der Waals surface area contributed by atoms with Gasteiger partial charge in [0, 0.05) is 21.8 Å². The molecule has 1 aromatic rings. The number of aryl methyl sites for hydroxylation is 1. The molecule has 15 heavy (non-hydrogen) atoms. The van der Waals surface area contributed by atoms with Crippen LogP contribution in [0.25, 0.3) is 0 Å². The highest BCUT2D eigenvalue weighted by Crippen LogP contribution is 2.23. The zero-order valence-corrected chi connectivity index (χ0v) is 11.3. The lowest BCUT2D eigenvalue weighted by Gasteiger charge is -2.23. The molecule has 86 valence electrons. The van der Waals surface area contributed by atoms with E-state index in [9.17, 15) is 0 Å². The fourth-order valence-electron chi connectivity index (χ4n) is 1.68. The molecule has 3 atom stereocenters. The van der Waals surface area contributed by atoms with Gasteiger partial charge in [-0.3, -0.25) is 0 Å². The monoisotopic (exact) mass is 225 g/mol. The molecule has 1 rings (SSSR count). The van der Waals surface area contributed by atoms with Crippen molar-refractivity contribution in [2.24, 2.45) is 5.92 Å². The van der Waals surface area contributed by atoms with Gasteiger partial charge in [0.05, 0.1) is 0 Å². The lowest BCUT2D eigenvalue weighted by atomic mass is 10.00. The number of rotatable bonds is 5. The van der Waals surface area contributed by atoms with Gasteiger partial charge in [-0.05, 0) is 38.8 Å². The van der Waals surface area contributed by atoms with Gasteiger partial charge in [-0.15, -0.1) is 11.3 Å². The third kappa shape index (κ3) is 3.62. The van der Waals surface area contributed by atoms with Crippen molar-refractivity contribution in [3.63, 3.8) is 0 Å². The van der Waals surface area contributed by atoms with Gasteiger partial charge >= 0.3 is 0 Å². The molecule has 3 unspecified atom stereocenters. The molecule has 0 saturated carbocycles. The summed E-state index contributed by atoms with van der Waals surface area (Å²) in [4.78, 5) is 2.84. The van der Waals surface area contributed by atoms with Crippen molar-refractivity contribution >= 4 is 11.3 Å². The molecule has 1 nitrogen and oxygen atoms in total. The third-order valence-corrected chi connectivity index (χ3v) is 4.38. The largest absolute Gasteiger partial charge is 0.307 e. The van der Waals surface area contributed by atoms with E-state index >= 15 is 0 Å². The maximum absolute atomic E-state index is 3.67. The van der Waals surface area contributed by atoms with E-state index < -0.39 is 0 Å². The van der Waals surface area contributed by atoms with Crippen molar-refractivity contribution in [2.75, 3.05) is 0 Å². The predicted molar refractivity (Wildman–Crippen MR) is 69.5 cm³/mol. The van der Waals surface area contributed by atoms with Gasteiger partial charge in [0.15, 0.2) is 0 Å². The molecule has 0 aromatic carbocycles. The summed E-state index contributed by atoms with van der Waals surface area (Å²) in [5, 5.41) is 3.67. The van der Waals surface area contributed by atoms with E-state index in [4.69, 9.17) is 0 Å². The highest BCUT2D eigenvalue weighted by atomic mass is 32.1. The van der Waals surface area contributed by atoms with Crippen molar-refractivity contribution < 1.29 is 0 Å². The van der Waals surface area contributed by atoms with E-state index in [1.807, 2.05) is 11.3 Å². The van der Waals surface area contributed by atoms with Crippen LogP contribution >= 0.6 is 11.3 Å². The standard InChI is InChI=1S/C13H23NS/c1-6-9(2)11(4)14-12(5)13-8-7-10(3)15-13/h7-9,11-12,14H,6H2,1-5H3. The van der Waals surface area contributed by atoms with Gasteiger partial charge in [-0.2, -0.15) is 0 Å². The van der Waals surface area contributed by atoms with E-state index in [1.54, 1.807) is 0 Å². The second-order valence-electron chi connectivity index (χ2n) is 4.51. The van der Waals surface area contributed by atoms with Crippen LogP contribution in [0.4, 0.5) is 0 Å². The topological polar surface area (TPSA) is 12.0 Å². The first-order valence-electron chi connectivity index (χ1n) is 5.87. The van der Waals surface area contributed by atoms with E-state index in [0.29, 0.717) is 12.1 Å². The van der Waals surface area contributed by atoms with Gasteiger partial charge in [0.25, 0.3) is 0 Å². The average Bonchev–Trinajstić information content (AvgIpc) is 2.63.